The summed E-state index contributed by atoms with van der Waals surface area (Å²) < 4.78 is 17.7. The highest BCUT2D eigenvalue weighted by Crippen LogP contribution is 2.08. The topological polar surface area (TPSA) is 35.2 Å². The van der Waals surface area contributed by atoms with Crippen molar-refractivity contribution in [2.45, 2.75) is 6.17 Å². The largest absolute Gasteiger partial charge is 0.491 e. The van der Waals surface area contributed by atoms with Gasteiger partial charge in [-0.1, -0.05) is 18.2 Å². The lowest BCUT2D eigenvalue weighted by Gasteiger charge is -2.07. The van der Waals surface area contributed by atoms with Crippen molar-refractivity contribution in [3.05, 3.63) is 30.3 Å². The van der Waals surface area contributed by atoms with Gasteiger partial charge in [-0.2, -0.15) is 0 Å². The van der Waals surface area contributed by atoms with E-state index in [-0.39, 0.29) is 13.2 Å². The summed E-state index contributed by atoms with van der Waals surface area (Å²) >= 11 is 0. The third kappa shape index (κ3) is 2.88. The van der Waals surface area contributed by atoms with E-state index >= 15 is 0 Å². The fourth-order valence-electron chi connectivity index (χ4n) is 0.771. The van der Waals surface area contributed by atoms with Crippen LogP contribution in [0.1, 0.15) is 0 Å². The van der Waals surface area contributed by atoms with Crippen LogP contribution in [-0.4, -0.2) is 19.3 Å². The summed E-state index contributed by atoms with van der Waals surface area (Å²) in [6, 6.07) is 9.12. The lowest BCUT2D eigenvalue weighted by atomic mass is 10.3. The van der Waals surface area contributed by atoms with E-state index in [1.165, 1.54) is 0 Å². The second-order valence-electron chi connectivity index (χ2n) is 2.46. The van der Waals surface area contributed by atoms with Crippen LogP contribution in [0.2, 0.25) is 0 Å². The molecule has 0 radical (unpaired) electrons. The Balaban J connectivity index is 2.33. The highest BCUT2D eigenvalue weighted by Gasteiger charge is 2.03. The van der Waals surface area contributed by atoms with Gasteiger partial charge in [0, 0.05) is 6.54 Å². The number of ether oxygens (including phenoxy) is 1. The summed E-state index contributed by atoms with van der Waals surface area (Å²) in [6.07, 6.45) is -1.08. The molecule has 1 rings (SSSR count). The van der Waals surface area contributed by atoms with Gasteiger partial charge in [0.25, 0.3) is 0 Å². The van der Waals surface area contributed by atoms with E-state index in [1.54, 1.807) is 12.1 Å². The third-order valence-electron chi connectivity index (χ3n) is 1.43. The molecule has 0 aliphatic rings. The van der Waals surface area contributed by atoms with Gasteiger partial charge in [-0.25, -0.2) is 4.39 Å². The second kappa shape index (κ2) is 4.72. The zero-order chi connectivity index (χ0) is 8.81. The molecule has 0 fully saturated rings. The molecule has 1 unspecified atom stereocenters. The molecular weight excluding hydrogens is 157 g/mol. The Kier molecular flexibility index (Phi) is 3.54. The Morgan fingerprint density at radius 3 is 2.58 bits per heavy atom. The van der Waals surface area contributed by atoms with Crippen LogP contribution in [0.25, 0.3) is 0 Å². The molecule has 1 aromatic carbocycles. The minimum atomic E-state index is -1.08. The minimum Gasteiger partial charge on any atom is -0.491 e. The van der Waals surface area contributed by atoms with Crippen molar-refractivity contribution < 1.29 is 9.13 Å². The standard InChI is InChI=1S/C9H12FNO/c10-8(6-11)7-12-9-4-2-1-3-5-9/h1-5,8H,6-7,11H2. The van der Waals surface area contributed by atoms with Gasteiger partial charge in [0.05, 0.1) is 0 Å². The fraction of sp³-hybridized carbons (Fsp3) is 0.333. The highest BCUT2D eigenvalue weighted by molar-refractivity contribution is 5.20. The first-order valence-corrected chi connectivity index (χ1v) is 3.85. The van der Waals surface area contributed by atoms with E-state index in [0.29, 0.717) is 5.75 Å². The summed E-state index contributed by atoms with van der Waals surface area (Å²) in [5.41, 5.74) is 5.08. The monoisotopic (exact) mass is 169 g/mol. The Labute approximate surface area is 71.1 Å². The molecule has 12 heavy (non-hydrogen) atoms. The van der Waals surface area contributed by atoms with Crippen LogP contribution >= 0.6 is 0 Å². The van der Waals surface area contributed by atoms with Crippen LogP contribution in [0, 0.1) is 0 Å². The van der Waals surface area contributed by atoms with Crippen molar-refractivity contribution in [1.29, 1.82) is 0 Å². The number of para-hydroxylation sites is 1. The second-order valence-corrected chi connectivity index (χ2v) is 2.46. The average Bonchev–Trinajstić information content (AvgIpc) is 2.16. The number of hydrogen-bond donors (Lipinski definition) is 1. The van der Waals surface area contributed by atoms with Crippen molar-refractivity contribution in [1.82, 2.24) is 0 Å². The molecule has 0 saturated heterocycles. The summed E-state index contributed by atoms with van der Waals surface area (Å²) in [4.78, 5) is 0. The van der Waals surface area contributed by atoms with Crippen LogP contribution in [0.3, 0.4) is 0 Å². The van der Waals surface area contributed by atoms with E-state index in [4.69, 9.17) is 10.5 Å². The van der Waals surface area contributed by atoms with E-state index in [2.05, 4.69) is 0 Å². The van der Waals surface area contributed by atoms with Crippen LogP contribution in [0.4, 0.5) is 4.39 Å². The maximum absolute atomic E-state index is 12.6. The van der Waals surface area contributed by atoms with Crippen molar-refractivity contribution >= 4 is 0 Å². The normalized spacial score (nSPS) is 12.5. The molecule has 2 nitrogen and oxygen atoms in total. The molecule has 0 heterocycles. The van der Waals surface area contributed by atoms with Crippen molar-refractivity contribution in [2.75, 3.05) is 13.2 Å². The smallest absolute Gasteiger partial charge is 0.146 e. The molecule has 0 amide bonds. The number of hydrogen-bond acceptors (Lipinski definition) is 2. The molecule has 0 aromatic heterocycles. The van der Waals surface area contributed by atoms with Crippen LogP contribution < -0.4 is 10.5 Å². The van der Waals surface area contributed by atoms with Crippen molar-refractivity contribution in [2.24, 2.45) is 5.73 Å². The van der Waals surface area contributed by atoms with Crippen LogP contribution in [-0.2, 0) is 0 Å². The molecule has 3 heteroatoms. The number of alkyl halides is 1. The molecule has 2 N–H and O–H groups in total. The molecule has 0 bridgehead atoms. The van der Waals surface area contributed by atoms with Crippen LogP contribution in [0.5, 0.6) is 5.75 Å². The quantitative estimate of drug-likeness (QED) is 0.738. The Morgan fingerprint density at radius 2 is 2.00 bits per heavy atom. The van der Waals surface area contributed by atoms with Gasteiger partial charge >= 0.3 is 0 Å². The maximum Gasteiger partial charge on any atom is 0.146 e. The fourth-order valence-corrected chi connectivity index (χ4v) is 0.771. The van der Waals surface area contributed by atoms with Gasteiger partial charge in [-0.15, -0.1) is 0 Å². The van der Waals surface area contributed by atoms with Gasteiger partial charge in [0.1, 0.15) is 18.5 Å². The summed E-state index contributed by atoms with van der Waals surface area (Å²) in [6.45, 7) is 0.0351. The zero-order valence-electron chi connectivity index (χ0n) is 6.74. The lowest BCUT2D eigenvalue weighted by molar-refractivity contribution is 0.201. The summed E-state index contributed by atoms with van der Waals surface area (Å²) in [5.74, 6) is 0.675. The number of rotatable bonds is 4. The lowest BCUT2D eigenvalue weighted by Crippen LogP contribution is -2.22. The van der Waals surface area contributed by atoms with Gasteiger partial charge in [-0.3, -0.25) is 0 Å². The Bertz CT molecular complexity index is 215. The van der Waals surface area contributed by atoms with E-state index in [1.807, 2.05) is 18.2 Å². The van der Waals surface area contributed by atoms with Crippen molar-refractivity contribution in [3.8, 4) is 5.75 Å². The SMILES string of the molecule is NCC(F)COc1ccccc1. The minimum absolute atomic E-state index is 0.00678. The van der Waals surface area contributed by atoms with Crippen molar-refractivity contribution in [3.63, 3.8) is 0 Å². The molecule has 66 valence electrons. The van der Waals surface area contributed by atoms with Gasteiger partial charge in [0.15, 0.2) is 0 Å². The molecule has 0 aliphatic carbocycles. The zero-order valence-corrected chi connectivity index (χ0v) is 6.74. The Morgan fingerprint density at radius 1 is 1.33 bits per heavy atom. The van der Waals surface area contributed by atoms with E-state index < -0.39 is 6.17 Å². The highest BCUT2D eigenvalue weighted by atomic mass is 19.1. The summed E-state index contributed by atoms with van der Waals surface area (Å²) in [7, 11) is 0. The first-order chi connectivity index (χ1) is 5.83. The predicted molar refractivity (Wildman–Crippen MR) is 45.9 cm³/mol. The number of benzene rings is 1. The molecule has 1 atom stereocenters. The predicted octanol–water partition coefficient (Wildman–Crippen LogP) is 1.36. The molecule has 0 saturated carbocycles. The van der Waals surface area contributed by atoms with Crippen LogP contribution in [0.15, 0.2) is 30.3 Å². The maximum atomic E-state index is 12.6. The van der Waals surface area contributed by atoms with Gasteiger partial charge in [0.2, 0.25) is 0 Å². The third-order valence-corrected chi connectivity index (χ3v) is 1.43. The molecular formula is C9H12FNO. The average molecular weight is 169 g/mol. The van der Waals surface area contributed by atoms with E-state index in [0.717, 1.165) is 0 Å². The molecule has 0 spiro atoms. The molecule has 1 aromatic rings. The van der Waals surface area contributed by atoms with E-state index in [9.17, 15) is 4.39 Å². The Hall–Kier alpha value is -1.09. The molecule has 0 aliphatic heterocycles. The van der Waals surface area contributed by atoms with Gasteiger partial charge in [-0.05, 0) is 12.1 Å². The number of nitrogens with two attached hydrogens (primary N) is 1. The first kappa shape index (κ1) is 9.00. The first-order valence-electron chi connectivity index (χ1n) is 3.85. The van der Waals surface area contributed by atoms with Gasteiger partial charge < -0.3 is 10.5 Å². The number of halogens is 1. The summed E-state index contributed by atoms with van der Waals surface area (Å²) in [5, 5.41) is 0.